The van der Waals surface area contributed by atoms with Crippen molar-refractivity contribution in [2.45, 2.75) is 91.9 Å². The van der Waals surface area contributed by atoms with Crippen molar-refractivity contribution in [1.82, 2.24) is 5.32 Å². The molecule has 4 unspecified atom stereocenters. The molecule has 1 amide bonds. The van der Waals surface area contributed by atoms with E-state index in [2.05, 4.69) is 37.7 Å². The Labute approximate surface area is 245 Å². The van der Waals surface area contributed by atoms with Crippen LogP contribution in [0, 0.1) is 34.5 Å². The molecule has 0 spiro atoms. The van der Waals surface area contributed by atoms with E-state index < -0.39 is 47.6 Å². The molecule has 0 radical (unpaired) electrons. The standard InChI is InChI=1S/C32H45F7N2O/c1-7-11-26(40-20-10-19-33)30(6,17-8-2)24-16-18-29(5)23(21(24)4)13-14-25(29)28(42)41-27(32(37,38)39)15-12-22(9-3)31(34,35)36/h7,9,11-12,15,21,23-25,40H,1,8,10,13-14,16-20H2,2-6H3/b15-12-,22-9+,26-11+,41-27?/t21?,23?,24?,25?,29-,30+/m0/s1. The number of fused-ring (bicyclic) bond motifs is 1. The lowest BCUT2D eigenvalue weighted by molar-refractivity contribution is -0.128. The van der Waals surface area contributed by atoms with E-state index in [4.69, 9.17) is 0 Å². The van der Waals surface area contributed by atoms with Crippen molar-refractivity contribution in [1.29, 1.82) is 0 Å². The number of carbonyl (C=O) groups excluding carboxylic acids is 1. The Balaban J connectivity index is 2.39. The minimum Gasteiger partial charge on any atom is -0.388 e. The summed E-state index contributed by atoms with van der Waals surface area (Å²) < 4.78 is 93.2. The number of nitrogens with zero attached hydrogens (tertiary/aromatic N) is 1. The van der Waals surface area contributed by atoms with Crippen LogP contribution in [-0.2, 0) is 4.79 Å². The molecule has 6 atom stereocenters. The van der Waals surface area contributed by atoms with Gasteiger partial charge in [-0.15, -0.1) is 0 Å². The van der Waals surface area contributed by atoms with Gasteiger partial charge in [0, 0.05) is 23.6 Å². The first-order chi connectivity index (χ1) is 19.5. The van der Waals surface area contributed by atoms with Crippen LogP contribution < -0.4 is 5.32 Å². The van der Waals surface area contributed by atoms with E-state index in [9.17, 15) is 35.5 Å². The quantitative estimate of drug-likeness (QED) is 0.104. The third-order valence-electron chi connectivity index (χ3n) is 9.66. The SMILES string of the molecule is C=C/C=C(/NCCCF)[C@](C)(CCC)C1CC[C@]2(C)C(C(=O)N=C(/C=C\C(=C/C)C(F)(F)F)C(F)(F)F)CCC2C1C. The van der Waals surface area contributed by atoms with Crippen LogP contribution in [0.5, 0.6) is 0 Å². The molecule has 2 aliphatic rings. The zero-order valence-corrected chi connectivity index (χ0v) is 25.3. The maximum Gasteiger partial charge on any atom is 0.433 e. The third-order valence-corrected chi connectivity index (χ3v) is 9.66. The first kappa shape index (κ1) is 35.8. The fourth-order valence-electron chi connectivity index (χ4n) is 7.61. The molecule has 2 aliphatic carbocycles. The van der Waals surface area contributed by atoms with Crippen molar-refractivity contribution in [3.05, 3.63) is 48.2 Å². The van der Waals surface area contributed by atoms with Gasteiger partial charge < -0.3 is 5.32 Å². The Morgan fingerprint density at radius 2 is 1.76 bits per heavy atom. The Bertz CT molecular complexity index is 1070. The number of nitrogens with one attached hydrogen (secondary N) is 1. The molecule has 1 N–H and O–H groups in total. The van der Waals surface area contributed by atoms with E-state index in [1.54, 1.807) is 6.08 Å². The van der Waals surface area contributed by atoms with Crippen molar-refractivity contribution in [3.8, 4) is 0 Å². The molecular formula is C32H45F7N2O. The van der Waals surface area contributed by atoms with Gasteiger partial charge >= 0.3 is 12.4 Å². The maximum absolute atomic E-state index is 13.7. The van der Waals surface area contributed by atoms with Gasteiger partial charge in [-0.2, -0.15) is 26.3 Å². The number of alkyl halides is 7. The lowest BCUT2D eigenvalue weighted by atomic mass is 9.52. The van der Waals surface area contributed by atoms with E-state index >= 15 is 0 Å². The van der Waals surface area contributed by atoms with Gasteiger partial charge in [0.25, 0.3) is 0 Å². The van der Waals surface area contributed by atoms with Crippen LogP contribution in [0.3, 0.4) is 0 Å². The first-order valence-corrected chi connectivity index (χ1v) is 14.8. The smallest absolute Gasteiger partial charge is 0.388 e. The topological polar surface area (TPSA) is 41.5 Å². The molecule has 0 aliphatic heterocycles. The van der Waals surface area contributed by atoms with E-state index in [1.165, 1.54) is 0 Å². The number of hydrogen-bond donors (Lipinski definition) is 1. The summed E-state index contributed by atoms with van der Waals surface area (Å²) in [5.74, 6) is -1.31. The molecule has 0 aromatic rings. The molecule has 0 saturated heterocycles. The number of hydrogen-bond acceptors (Lipinski definition) is 2. The number of rotatable bonds is 12. The second kappa shape index (κ2) is 14.4. The van der Waals surface area contributed by atoms with Crippen molar-refractivity contribution < 1.29 is 35.5 Å². The largest absolute Gasteiger partial charge is 0.433 e. The van der Waals surface area contributed by atoms with Crippen molar-refractivity contribution in [2.75, 3.05) is 13.2 Å². The van der Waals surface area contributed by atoms with Crippen LogP contribution in [0.1, 0.15) is 79.6 Å². The molecule has 0 aromatic heterocycles. The van der Waals surface area contributed by atoms with Crippen LogP contribution in [0.2, 0.25) is 0 Å². The minimum absolute atomic E-state index is 0.0529. The highest BCUT2D eigenvalue weighted by atomic mass is 19.4. The zero-order chi connectivity index (χ0) is 31.9. The fourth-order valence-corrected chi connectivity index (χ4v) is 7.61. The van der Waals surface area contributed by atoms with E-state index in [0.29, 0.717) is 44.4 Å². The third kappa shape index (κ3) is 7.95. The maximum atomic E-state index is 13.7. The molecule has 2 rings (SSSR count). The summed E-state index contributed by atoms with van der Waals surface area (Å²) >= 11 is 0. The average molecular weight is 607 g/mol. The van der Waals surface area contributed by atoms with Crippen LogP contribution >= 0.6 is 0 Å². The second-order valence-electron chi connectivity index (χ2n) is 12.1. The van der Waals surface area contributed by atoms with E-state index in [1.807, 2.05) is 13.0 Å². The lowest BCUT2D eigenvalue weighted by Crippen LogP contribution is -2.48. The van der Waals surface area contributed by atoms with E-state index in [0.717, 1.165) is 31.9 Å². The van der Waals surface area contributed by atoms with Gasteiger partial charge in [0.1, 0.15) is 5.71 Å². The number of halogens is 7. The molecule has 42 heavy (non-hydrogen) atoms. The highest BCUT2D eigenvalue weighted by molar-refractivity contribution is 6.06. The van der Waals surface area contributed by atoms with Crippen LogP contribution in [0.15, 0.2) is 53.2 Å². The molecule has 0 aromatic carbocycles. The molecule has 0 heterocycles. The summed E-state index contributed by atoms with van der Waals surface area (Å²) in [4.78, 5) is 16.7. The van der Waals surface area contributed by atoms with Gasteiger partial charge in [-0.1, -0.05) is 52.8 Å². The van der Waals surface area contributed by atoms with Gasteiger partial charge in [0.2, 0.25) is 5.91 Å². The number of amides is 1. The Morgan fingerprint density at radius 3 is 2.29 bits per heavy atom. The molecule has 2 saturated carbocycles. The second-order valence-corrected chi connectivity index (χ2v) is 12.1. The lowest BCUT2D eigenvalue weighted by Gasteiger charge is -2.53. The van der Waals surface area contributed by atoms with Gasteiger partial charge in [0.05, 0.1) is 12.2 Å². The van der Waals surface area contributed by atoms with Gasteiger partial charge in [-0.05, 0) is 86.8 Å². The van der Waals surface area contributed by atoms with Crippen LogP contribution in [0.25, 0.3) is 0 Å². The summed E-state index contributed by atoms with van der Waals surface area (Å²) in [7, 11) is 0. The van der Waals surface area contributed by atoms with Gasteiger partial charge in [-0.25, -0.2) is 4.99 Å². The Hall–Kier alpha value is -2.39. The van der Waals surface area contributed by atoms with Gasteiger partial charge in [-0.3, -0.25) is 9.18 Å². The summed E-state index contributed by atoms with van der Waals surface area (Å²) in [5, 5.41) is 3.42. The number of aliphatic imine (C=N–C) groups is 1. The monoisotopic (exact) mass is 606 g/mol. The fraction of sp³-hybridized carbons (Fsp3) is 0.688. The average Bonchev–Trinajstić information content (AvgIpc) is 3.24. The highest BCUT2D eigenvalue weighted by Gasteiger charge is 2.57. The summed E-state index contributed by atoms with van der Waals surface area (Å²) in [5.41, 5.74) is -2.78. The minimum atomic E-state index is -5.09. The molecule has 238 valence electrons. The number of carbonyl (C=O) groups is 1. The van der Waals surface area contributed by atoms with Crippen LogP contribution in [-0.4, -0.2) is 37.2 Å². The predicted molar refractivity (Wildman–Crippen MR) is 154 cm³/mol. The summed E-state index contributed by atoms with van der Waals surface area (Å²) in [6, 6.07) is 0. The van der Waals surface area contributed by atoms with Crippen molar-refractivity contribution >= 4 is 11.6 Å². The van der Waals surface area contributed by atoms with Gasteiger partial charge in [0.15, 0.2) is 0 Å². The zero-order valence-electron chi connectivity index (χ0n) is 25.3. The first-order valence-electron chi connectivity index (χ1n) is 14.8. The predicted octanol–water partition coefficient (Wildman–Crippen LogP) is 9.49. The molecule has 0 bridgehead atoms. The van der Waals surface area contributed by atoms with Crippen molar-refractivity contribution in [2.24, 2.45) is 39.5 Å². The molecule has 3 nitrogen and oxygen atoms in total. The summed E-state index contributed by atoms with van der Waals surface area (Å²) in [6.07, 6.45) is -0.561. The van der Waals surface area contributed by atoms with Crippen LogP contribution in [0.4, 0.5) is 30.7 Å². The molecular weight excluding hydrogens is 561 g/mol. The number of allylic oxidation sites excluding steroid dienone is 7. The Morgan fingerprint density at radius 1 is 1.10 bits per heavy atom. The highest BCUT2D eigenvalue weighted by Crippen LogP contribution is 2.63. The van der Waals surface area contributed by atoms with E-state index in [-0.39, 0.29) is 29.2 Å². The normalized spacial score (nSPS) is 29.4. The van der Waals surface area contributed by atoms with Crippen molar-refractivity contribution in [3.63, 3.8) is 0 Å². The molecule has 2 fully saturated rings. The Kier molecular flexibility index (Phi) is 12.3. The molecule has 10 heteroatoms. The summed E-state index contributed by atoms with van der Waals surface area (Å²) in [6.45, 7) is 13.4.